The van der Waals surface area contributed by atoms with Crippen LogP contribution in [0.1, 0.15) is 41.5 Å². The summed E-state index contributed by atoms with van der Waals surface area (Å²) < 4.78 is 10.6. The summed E-state index contributed by atoms with van der Waals surface area (Å²) in [5.41, 5.74) is 6.95. The van der Waals surface area contributed by atoms with E-state index in [4.69, 9.17) is 15.0 Å². The van der Waals surface area contributed by atoms with Gasteiger partial charge in [0.05, 0.1) is 12.2 Å². The summed E-state index contributed by atoms with van der Waals surface area (Å²) in [4.78, 5) is 38.8. The Bertz CT molecular complexity index is 610. The van der Waals surface area contributed by atoms with Gasteiger partial charge in [-0.05, 0) is 52.8 Å². The Morgan fingerprint density at radius 2 is 1.72 bits per heavy atom. The van der Waals surface area contributed by atoms with Crippen LogP contribution in [0.5, 0.6) is 0 Å². The molecule has 0 aromatic rings. The number of ether oxygens (including phenoxy) is 2. The molecule has 0 bridgehead atoms. The molecule has 0 aromatic heterocycles. The fourth-order valence-corrected chi connectivity index (χ4v) is 2.61. The minimum Gasteiger partial charge on any atom is -0.480 e. The van der Waals surface area contributed by atoms with Gasteiger partial charge in [-0.25, -0.2) is 9.59 Å². The zero-order chi connectivity index (χ0) is 22.7. The third kappa shape index (κ3) is 14.5. The van der Waals surface area contributed by atoms with Gasteiger partial charge >= 0.3 is 12.1 Å². The molecule has 0 saturated heterocycles. The van der Waals surface area contributed by atoms with E-state index in [1.165, 1.54) is 11.8 Å². The second kappa shape index (κ2) is 12.4. The maximum atomic E-state index is 12.6. The summed E-state index contributed by atoms with van der Waals surface area (Å²) in [6.07, 6.45) is -0.800. The average molecular weight is 434 g/mol. The third-order valence-corrected chi connectivity index (χ3v) is 4.03. The Labute approximate surface area is 174 Å². The van der Waals surface area contributed by atoms with Crippen LogP contribution in [0.25, 0.3) is 10.4 Å². The van der Waals surface area contributed by atoms with Crippen molar-refractivity contribution in [3.8, 4) is 0 Å². The molecule has 3 N–H and O–H groups in total. The number of carboxylic acids is 1. The van der Waals surface area contributed by atoms with Gasteiger partial charge in [0.2, 0.25) is 5.91 Å². The highest BCUT2D eigenvalue weighted by atomic mass is 32.2. The van der Waals surface area contributed by atoms with E-state index in [2.05, 4.69) is 20.7 Å². The van der Waals surface area contributed by atoms with E-state index in [9.17, 15) is 19.5 Å². The van der Waals surface area contributed by atoms with Crippen molar-refractivity contribution in [2.45, 2.75) is 64.8 Å². The number of amides is 2. The Kier molecular flexibility index (Phi) is 11.5. The lowest BCUT2D eigenvalue weighted by Crippen LogP contribution is -2.54. The zero-order valence-electron chi connectivity index (χ0n) is 17.7. The molecule has 0 aliphatic rings. The molecule has 12 heteroatoms. The number of azide groups is 1. The van der Waals surface area contributed by atoms with Crippen molar-refractivity contribution < 1.29 is 29.0 Å². The average Bonchev–Trinajstić information content (AvgIpc) is 2.54. The van der Waals surface area contributed by atoms with Crippen LogP contribution in [-0.4, -0.2) is 71.0 Å². The molecule has 2 atom stereocenters. The van der Waals surface area contributed by atoms with E-state index in [1.54, 1.807) is 41.5 Å². The minimum absolute atomic E-state index is 0.137. The highest BCUT2D eigenvalue weighted by Gasteiger charge is 2.29. The molecule has 166 valence electrons. The first-order valence-electron chi connectivity index (χ1n) is 9.00. The van der Waals surface area contributed by atoms with Crippen molar-refractivity contribution in [3.05, 3.63) is 10.4 Å². The highest BCUT2D eigenvalue weighted by Crippen LogP contribution is 2.10. The van der Waals surface area contributed by atoms with E-state index >= 15 is 0 Å². The molecule has 29 heavy (non-hydrogen) atoms. The van der Waals surface area contributed by atoms with Gasteiger partial charge < -0.3 is 25.2 Å². The first kappa shape index (κ1) is 26.8. The van der Waals surface area contributed by atoms with E-state index in [-0.39, 0.29) is 18.9 Å². The lowest BCUT2D eigenvalue weighted by Gasteiger charge is -2.26. The number of nitrogens with zero attached hydrogens (tertiary/aromatic N) is 3. The molecule has 0 aliphatic heterocycles. The second-order valence-electron chi connectivity index (χ2n) is 8.05. The largest absolute Gasteiger partial charge is 0.480 e. The number of carbonyl (C=O) groups excluding carboxylic acids is 2. The molecular weight excluding hydrogens is 402 g/mol. The van der Waals surface area contributed by atoms with Gasteiger partial charge in [-0.1, -0.05) is 5.11 Å². The molecule has 0 radical (unpaired) electrons. The first-order valence-corrected chi connectivity index (χ1v) is 10.2. The maximum absolute atomic E-state index is 12.6. The van der Waals surface area contributed by atoms with Crippen molar-refractivity contribution in [3.63, 3.8) is 0 Å². The lowest BCUT2D eigenvalue weighted by atomic mass is 10.2. The van der Waals surface area contributed by atoms with E-state index < -0.39 is 41.3 Å². The van der Waals surface area contributed by atoms with Crippen molar-refractivity contribution in [1.29, 1.82) is 0 Å². The zero-order valence-corrected chi connectivity index (χ0v) is 18.5. The number of hydrogen-bond acceptors (Lipinski definition) is 7. The normalized spacial score (nSPS) is 13.6. The third-order valence-electron chi connectivity index (χ3n) is 2.99. The molecular formula is C17H31N5O6S. The summed E-state index contributed by atoms with van der Waals surface area (Å²) in [6.45, 7) is 10.3. The molecule has 0 heterocycles. The number of aliphatic carboxylic acids is 1. The predicted octanol–water partition coefficient (Wildman–Crippen LogP) is 2.31. The van der Waals surface area contributed by atoms with E-state index in [0.717, 1.165) is 0 Å². The van der Waals surface area contributed by atoms with Gasteiger partial charge in [-0.3, -0.25) is 4.79 Å². The number of hydrogen-bond donors (Lipinski definition) is 3. The van der Waals surface area contributed by atoms with Crippen LogP contribution in [0.3, 0.4) is 0 Å². The van der Waals surface area contributed by atoms with Gasteiger partial charge in [0.15, 0.2) is 6.04 Å². The molecule has 0 aliphatic carbocycles. The van der Waals surface area contributed by atoms with Crippen molar-refractivity contribution in [2.75, 3.05) is 24.7 Å². The molecule has 0 spiro atoms. The highest BCUT2D eigenvalue weighted by molar-refractivity contribution is 7.99. The smallest absolute Gasteiger partial charge is 0.408 e. The summed E-state index contributed by atoms with van der Waals surface area (Å²) in [5.74, 6) is -1.37. The van der Waals surface area contributed by atoms with E-state index in [0.29, 0.717) is 5.75 Å². The van der Waals surface area contributed by atoms with Gasteiger partial charge in [0.1, 0.15) is 11.6 Å². The van der Waals surface area contributed by atoms with Gasteiger partial charge in [-0.2, -0.15) is 11.8 Å². The first-order chi connectivity index (χ1) is 13.2. The Hall–Kier alpha value is -2.17. The van der Waals surface area contributed by atoms with Gasteiger partial charge in [0, 0.05) is 17.2 Å². The van der Waals surface area contributed by atoms with Crippen LogP contribution >= 0.6 is 11.8 Å². The monoisotopic (exact) mass is 433 g/mol. The van der Waals surface area contributed by atoms with Crippen LogP contribution in [0, 0.1) is 0 Å². The van der Waals surface area contributed by atoms with Crippen molar-refractivity contribution in [1.82, 2.24) is 10.6 Å². The summed E-state index contributed by atoms with van der Waals surface area (Å²) in [5, 5.41) is 17.6. The molecule has 0 aromatic carbocycles. The lowest BCUT2D eigenvalue weighted by molar-refractivity contribution is -0.145. The number of alkyl carbamates (subject to hydrolysis) is 1. The standard InChI is InChI=1S/C17H31N5O6S/c1-16(2,3)27-9-11(14(24)25)20-13(23)12(10-29-8-7-19-22-18)21-15(26)28-17(4,5)6/h11-12H,7-10H2,1-6H3,(H,20,23)(H,21,26)(H,24,25)/t11?,12-/m0/s1. The number of thioether (sulfide) groups is 1. The molecule has 0 fully saturated rings. The Balaban J connectivity index is 5.08. The molecule has 1 unspecified atom stereocenters. The summed E-state index contributed by atoms with van der Waals surface area (Å²) in [7, 11) is 0. The molecule has 0 rings (SSSR count). The topological polar surface area (TPSA) is 163 Å². The molecule has 0 saturated carbocycles. The maximum Gasteiger partial charge on any atom is 0.408 e. The van der Waals surface area contributed by atoms with Crippen LogP contribution in [0.15, 0.2) is 5.11 Å². The number of nitrogens with one attached hydrogen (secondary N) is 2. The van der Waals surface area contributed by atoms with Crippen LogP contribution in [-0.2, 0) is 19.1 Å². The van der Waals surface area contributed by atoms with Gasteiger partial charge in [0.25, 0.3) is 0 Å². The molecule has 11 nitrogen and oxygen atoms in total. The van der Waals surface area contributed by atoms with Crippen LogP contribution in [0.2, 0.25) is 0 Å². The van der Waals surface area contributed by atoms with Crippen molar-refractivity contribution >= 4 is 29.7 Å². The Morgan fingerprint density at radius 1 is 1.10 bits per heavy atom. The minimum atomic E-state index is -1.28. The second-order valence-corrected chi connectivity index (χ2v) is 9.20. The summed E-state index contributed by atoms with van der Waals surface area (Å²) in [6, 6.07) is -2.32. The summed E-state index contributed by atoms with van der Waals surface area (Å²) >= 11 is 1.27. The van der Waals surface area contributed by atoms with Gasteiger partial charge in [-0.15, -0.1) is 0 Å². The van der Waals surface area contributed by atoms with Crippen molar-refractivity contribution in [2.24, 2.45) is 5.11 Å². The van der Waals surface area contributed by atoms with Crippen LogP contribution in [0.4, 0.5) is 4.79 Å². The predicted molar refractivity (Wildman–Crippen MR) is 110 cm³/mol. The fraction of sp³-hybridized carbons (Fsp3) is 0.824. The molecule has 2 amide bonds. The number of carbonyl (C=O) groups is 3. The fourth-order valence-electron chi connectivity index (χ4n) is 1.76. The van der Waals surface area contributed by atoms with Crippen LogP contribution < -0.4 is 10.6 Å². The number of rotatable bonds is 11. The van der Waals surface area contributed by atoms with E-state index in [1.807, 2.05) is 0 Å². The Morgan fingerprint density at radius 3 is 2.21 bits per heavy atom. The number of carboxylic acid groups (broad SMARTS) is 1. The SMILES string of the molecule is CC(C)(C)OCC(NC(=O)[C@H](CSCCN=[N+]=[N-])NC(=O)OC(C)(C)C)C(=O)O. The quantitative estimate of drug-likeness (QED) is 0.195.